The maximum atomic E-state index is 11.4. The molecule has 0 amide bonds. The fraction of sp³-hybridized carbons (Fsp3) is 0.571. The smallest absolute Gasteiger partial charge is 0.307 e. The Morgan fingerprint density at radius 2 is 2.19 bits per heavy atom. The van der Waals surface area contributed by atoms with E-state index in [0.717, 1.165) is 12.3 Å². The van der Waals surface area contributed by atoms with Gasteiger partial charge >= 0.3 is 5.97 Å². The van der Waals surface area contributed by atoms with E-state index < -0.39 is 0 Å². The maximum absolute atomic E-state index is 11.4. The molecule has 7 heteroatoms. The highest BCUT2D eigenvalue weighted by Crippen LogP contribution is 2.01. The van der Waals surface area contributed by atoms with E-state index in [9.17, 15) is 4.79 Å². The summed E-state index contributed by atoms with van der Waals surface area (Å²) in [6.45, 7) is 7.34. The van der Waals surface area contributed by atoms with Crippen molar-refractivity contribution in [2.75, 3.05) is 13.1 Å². The van der Waals surface area contributed by atoms with Crippen molar-refractivity contribution in [3.63, 3.8) is 0 Å². The normalized spacial score (nSPS) is 11.0. The molecule has 0 spiro atoms. The van der Waals surface area contributed by atoms with Crippen LogP contribution >= 0.6 is 24.0 Å². The number of hydrogen-bond donors (Lipinski definition) is 2. The van der Waals surface area contributed by atoms with Gasteiger partial charge < -0.3 is 19.8 Å². The zero-order valence-electron chi connectivity index (χ0n) is 12.7. The Balaban J connectivity index is 0.00000400. The predicted octanol–water partition coefficient (Wildman–Crippen LogP) is 2.29. The van der Waals surface area contributed by atoms with E-state index >= 15 is 0 Å². The Kier molecular flexibility index (Phi) is 10.7. The molecule has 1 aromatic heterocycles. The van der Waals surface area contributed by atoms with Crippen molar-refractivity contribution in [3.05, 3.63) is 24.2 Å². The van der Waals surface area contributed by atoms with Gasteiger partial charge in [-0.15, -0.1) is 24.0 Å². The molecule has 0 radical (unpaired) electrons. The van der Waals surface area contributed by atoms with Crippen LogP contribution in [0.3, 0.4) is 0 Å². The molecule has 0 aromatic carbocycles. The Labute approximate surface area is 142 Å². The minimum atomic E-state index is -0.214. The number of nitrogens with zero attached hydrogens (tertiary/aromatic N) is 1. The fourth-order valence-electron chi connectivity index (χ4n) is 1.51. The van der Waals surface area contributed by atoms with Crippen molar-refractivity contribution >= 4 is 35.9 Å². The van der Waals surface area contributed by atoms with Gasteiger partial charge in [0.15, 0.2) is 5.96 Å². The second kappa shape index (κ2) is 11.4. The van der Waals surface area contributed by atoms with E-state index in [0.29, 0.717) is 25.5 Å². The molecule has 0 saturated carbocycles. The number of halogens is 1. The summed E-state index contributed by atoms with van der Waals surface area (Å²) >= 11 is 0. The van der Waals surface area contributed by atoms with Crippen LogP contribution in [0.15, 0.2) is 27.8 Å². The van der Waals surface area contributed by atoms with Crippen molar-refractivity contribution in [2.24, 2.45) is 4.99 Å². The first-order valence-electron chi connectivity index (χ1n) is 6.85. The van der Waals surface area contributed by atoms with E-state index in [4.69, 9.17) is 9.15 Å². The minimum Gasteiger partial charge on any atom is -0.467 e. The SMILES string of the molecule is CCNC(=NCc1ccco1)NCCC(=O)OC(C)C.I. The number of carbonyl (C=O) groups excluding carboxylic acids is 1. The molecule has 21 heavy (non-hydrogen) atoms. The Bertz CT molecular complexity index is 419. The lowest BCUT2D eigenvalue weighted by atomic mass is 10.4. The third-order valence-corrected chi connectivity index (χ3v) is 2.31. The molecule has 0 bridgehead atoms. The largest absolute Gasteiger partial charge is 0.467 e. The van der Waals surface area contributed by atoms with E-state index in [1.165, 1.54) is 0 Å². The molecule has 1 rings (SSSR count). The van der Waals surface area contributed by atoms with Crippen LogP contribution in [0.1, 0.15) is 33.0 Å². The molecule has 1 aromatic rings. The molecule has 0 unspecified atom stereocenters. The first kappa shape index (κ1) is 19.8. The van der Waals surface area contributed by atoms with Crippen LogP contribution in [0.25, 0.3) is 0 Å². The van der Waals surface area contributed by atoms with Crippen molar-refractivity contribution in [1.29, 1.82) is 0 Å². The topological polar surface area (TPSA) is 75.9 Å². The van der Waals surface area contributed by atoms with Gasteiger partial charge in [0, 0.05) is 13.1 Å². The predicted molar refractivity (Wildman–Crippen MR) is 92.8 cm³/mol. The number of carbonyl (C=O) groups is 1. The summed E-state index contributed by atoms with van der Waals surface area (Å²) in [6, 6.07) is 3.69. The van der Waals surface area contributed by atoms with Crippen LogP contribution in [-0.4, -0.2) is 31.1 Å². The second-order valence-corrected chi connectivity index (χ2v) is 4.49. The van der Waals surface area contributed by atoms with Crippen LogP contribution < -0.4 is 10.6 Å². The first-order valence-corrected chi connectivity index (χ1v) is 6.85. The molecule has 120 valence electrons. The number of nitrogens with one attached hydrogen (secondary N) is 2. The molecule has 0 aliphatic heterocycles. The van der Waals surface area contributed by atoms with Crippen molar-refractivity contribution in [2.45, 2.75) is 39.8 Å². The summed E-state index contributed by atoms with van der Waals surface area (Å²) in [7, 11) is 0. The highest BCUT2D eigenvalue weighted by atomic mass is 127. The highest BCUT2D eigenvalue weighted by molar-refractivity contribution is 14.0. The van der Waals surface area contributed by atoms with Gasteiger partial charge in [-0.3, -0.25) is 4.79 Å². The van der Waals surface area contributed by atoms with Crippen molar-refractivity contribution < 1.29 is 13.9 Å². The number of furan rings is 1. The lowest BCUT2D eigenvalue weighted by Gasteiger charge is -2.11. The number of guanidine groups is 1. The van der Waals surface area contributed by atoms with Gasteiger partial charge in [-0.05, 0) is 32.9 Å². The van der Waals surface area contributed by atoms with Crippen molar-refractivity contribution in [1.82, 2.24) is 10.6 Å². The average molecular weight is 409 g/mol. The van der Waals surface area contributed by atoms with Crippen LogP contribution in [-0.2, 0) is 16.1 Å². The number of rotatable bonds is 7. The van der Waals surface area contributed by atoms with Crippen LogP contribution in [0, 0.1) is 0 Å². The van der Waals surface area contributed by atoms with Gasteiger partial charge in [0.1, 0.15) is 12.3 Å². The summed E-state index contributed by atoms with van der Waals surface area (Å²) in [5.74, 6) is 1.23. The summed E-state index contributed by atoms with van der Waals surface area (Å²) in [5, 5.41) is 6.19. The first-order chi connectivity index (χ1) is 9.61. The molecular formula is C14H24IN3O3. The third kappa shape index (κ3) is 9.33. The minimum absolute atomic E-state index is 0. The molecule has 0 fully saturated rings. The molecule has 2 N–H and O–H groups in total. The van der Waals surface area contributed by atoms with Gasteiger partial charge in [-0.2, -0.15) is 0 Å². The number of ether oxygens (including phenoxy) is 1. The van der Waals surface area contributed by atoms with E-state index in [-0.39, 0.29) is 36.0 Å². The molecule has 6 nitrogen and oxygen atoms in total. The molecule has 0 aliphatic rings. The Morgan fingerprint density at radius 1 is 1.43 bits per heavy atom. The van der Waals surface area contributed by atoms with Crippen LogP contribution in [0.5, 0.6) is 0 Å². The Hall–Kier alpha value is -1.25. The quantitative estimate of drug-likeness (QED) is 0.313. The van der Waals surface area contributed by atoms with E-state index in [1.807, 2.05) is 32.9 Å². The average Bonchev–Trinajstić information content (AvgIpc) is 2.88. The molecule has 0 atom stereocenters. The standard InChI is InChI=1S/C14H23N3O3.HI/c1-4-15-14(17-10-12-6-5-9-19-12)16-8-7-13(18)20-11(2)3;/h5-6,9,11H,4,7-8,10H2,1-3H3,(H2,15,16,17);1H. The van der Waals surface area contributed by atoms with Gasteiger partial charge in [0.05, 0.1) is 18.8 Å². The fourth-order valence-corrected chi connectivity index (χ4v) is 1.51. The van der Waals surface area contributed by atoms with E-state index in [1.54, 1.807) is 6.26 Å². The number of aliphatic imine (C=N–C) groups is 1. The van der Waals surface area contributed by atoms with Crippen molar-refractivity contribution in [3.8, 4) is 0 Å². The molecule has 0 saturated heterocycles. The summed E-state index contributed by atoms with van der Waals surface area (Å²) in [4.78, 5) is 15.8. The lowest BCUT2D eigenvalue weighted by Crippen LogP contribution is -2.38. The summed E-state index contributed by atoms with van der Waals surface area (Å²) in [6.07, 6.45) is 1.85. The van der Waals surface area contributed by atoms with Gasteiger partial charge in [-0.1, -0.05) is 0 Å². The zero-order valence-corrected chi connectivity index (χ0v) is 15.0. The lowest BCUT2D eigenvalue weighted by molar-refractivity contribution is -0.147. The van der Waals surface area contributed by atoms with Crippen LogP contribution in [0.2, 0.25) is 0 Å². The number of hydrogen-bond acceptors (Lipinski definition) is 4. The number of esters is 1. The highest BCUT2D eigenvalue weighted by Gasteiger charge is 2.05. The van der Waals surface area contributed by atoms with Crippen LogP contribution in [0.4, 0.5) is 0 Å². The molecule has 1 heterocycles. The molecular weight excluding hydrogens is 385 g/mol. The Morgan fingerprint density at radius 3 is 2.76 bits per heavy atom. The van der Waals surface area contributed by atoms with E-state index in [2.05, 4.69) is 15.6 Å². The molecule has 0 aliphatic carbocycles. The summed E-state index contributed by atoms with van der Waals surface area (Å²) in [5.41, 5.74) is 0. The maximum Gasteiger partial charge on any atom is 0.307 e. The zero-order chi connectivity index (χ0) is 14.8. The summed E-state index contributed by atoms with van der Waals surface area (Å²) < 4.78 is 10.3. The van der Waals surface area contributed by atoms with Gasteiger partial charge in [-0.25, -0.2) is 4.99 Å². The third-order valence-electron chi connectivity index (χ3n) is 2.31. The second-order valence-electron chi connectivity index (χ2n) is 4.49. The van der Waals surface area contributed by atoms with Gasteiger partial charge in [0.2, 0.25) is 0 Å². The van der Waals surface area contributed by atoms with Gasteiger partial charge in [0.25, 0.3) is 0 Å². The monoisotopic (exact) mass is 409 g/mol.